The molecule has 1 aromatic heterocycles. The van der Waals surface area contributed by atoms with Crippen LogP contribution in [0.25, 0.3) is 0 Å². The van der Waals surface area contributed by atoms with Crippen molar-refractivity contribution in [1.82, 2.24) is 14.8 Å². The summed E-state index contributed by atoms with van der Waals surface area (Å²) in [5.41, 5.74) is 0.885. The van der Waals surface area contributed by atoms with Crippen molar-refractivity contribution in [1.29, 1.82) is 0 Å². The average Bonchev–Trinajstić information content (AvgIpc) is 3.00. The number of likely N-dealkylation sites (tertiary alicyclic amines) is 2. The van der Waals surface area contributed by atoms with Gasteiger partial charge < -0.3 is 9.64 Å². The summed E-state index contributed by atoms with van der Waals surface area (Å²) in [6, 6.07) is 6.01. The number of nitrogens with zero attached hydrogens (tertiary/aromatic N) is 3. The first kappa shape index (κ1) is 15.4. The van der Waals surface area contributed by atoms with Crippen molar-refractivity contribution in [2.75, 3.05) is 39.9 Å². The number of aromatic nitrogens is 1. The number of carbonyl (C=O) groups is 1. The van der Waals surface area contributed by atoms with E-state index in [1.165, 1.54) is 0 Å². The van der Waals surface area contributed by atoms with E-state index in [1.807, 2.05) is 23.2 Å². The lowest BCUT2D eigenvalue weighted by Crippen LogP contribution is -2.40. The molecule has 0 aromatic carbocycles. The highest BCUT2D eigenvalue weighted by atomic mass is 16.5. The van der Waals surface area contributed by atoms with Crippen molar-refractivity contribution in [2.45, 2.75) is 19.9 Å². The number of amides is 1. The van der Waals surface area contributed by atoms with Crippen LogP contribution in [-0.4, -0.2) is 60.6 Å². The molecule has 2 aliphatic heterocycles. The van der Waals surface area contributed by atoms with Crippen molar-refractivity contribution in [2.24, 2.45) is 11.3 Å². The molecule has 0 unspecified atom stereocenters. The van der Waals surface area contributed by atoms with Crippen LogP contribution in [0.3, 0.4) is 0 Å². The van der Waals surface area contributed by atoms with Gasteiger partial charge in [-0.25, -0.2) is 0 Å². The van der Waals surface area contributed by atoms with Gasteiger partial charge in [0, 0.05) is 46.0 Å². The van der Waals surface area contributed by atoms with E-state index in [2.05, 4.69) is 22.9 Å². The lowest BCUT2D eigenvalue weighted by atomic mass is 9.78. The standard InChI is InChI=1S/C17H25N3O2/c1-14-11-19(12-15-5-3-4-7-18-15)13-17(14)6-8-20(16(17)21)9-10-22-2/h3-5,7,14H,6,8-13H2,1-2H3/t14-,17-/m1/s1. The molecule has 2 aliphatic rings. The first-order chi connectivity index (χ1) is 10.7. The van der Waals surface area contributed by atoms with Crippen LogP contribution in [0, 0.1) is 11.3 Å². The molecule has 0 bridgehead atoms. The number of pyridine rings is 1. The first-order valence-corrected chi connectivity index (χ1v) is 8.06. The van der Waals surface area contributed by atoms with E-state index in [4.69, 9.17) is 4.74 Å². The van der Waals surface area contributed by atoms with Gasteiger partial charge in [-0.1, -0.05) is 13.0 Å². The van der Waals surface area contributed by atoms with Gasteiger partial charge in [-0.15, -0.1) is 0 Å². The number of methoxy groups -OCH3 is 1. The highest BCUT2D eigenvalue weighted by molar-refractivity contribution is 5.86. The number of hydrogen-bond donors (Lipinski definition) is 0. The van der Waals surface area contributed by atoms with Crippen LogP contribution < -0.4 is 0 Å². The smallest absolute Gasteiger partial charge is 0.230 e. The van der Waals surface area contributed by atoms with Crippen LogP contribution in [-0.2, 0) is 16.1 Å². The fraction of sp³-hybridized carbons (Fsp3) is 0.647. The highest BCUT2D eigenvalue weighted by Gasteiger charge is 2.54. The van der Waals surface area contributed by atoms with Crippen molar-refractivity contribution in [3.8, 4) is 0 Å². The Labute approximate surface area is 132 Å². The molecule has 0 radical (unpaired) electrons. The Kier molecular flexibility index (Phi) is 4.45. The summed E-state index contributed by atoms with van der Waals surface area (Å²) in [6.07, 6.45) is 2.80. The summed E-state index contributed by atoms with van der Waals surface area (Å²) < 4.78 is 5.12. The molecule has 1 amide bonds. The Morgan fingerprint density at radius 2 is 2.32 bits per heavy atom. The Morgan fingerprint density at radius 3 is 3.05 bits per heavy atom. The second-order valence-electron chi connectivity index (χ2n) is 6.58. The monoisotopic (exact) mass is 303 g/mol. The van der Waals surface area contributed by atoms with Gasteiger partial charge in [0.2, 0.25) is 5.91 Å². The Hall–Kier alpha value is -1.46. The molecule has 5 heteroatoms. The Balaban J connectivity index is 1.67. The molecule has 3 heterocycles. The van der Waals surface area contributed by atoms with Gasteiger partial charge in [0.05, 0.1) is 17.7 Å². The van der Waals surface area contributed by atoms with E-state index in [1.54, 1.807) is 7.11 Å². The Bertz CT molecular complexity index is 522. The predicted molar refractivity (Wildman–Crippen MR) is 84.2 cm³/mol. The molecule has 120 valence electrons. The van der Waals surface area contributed by atoms with Gasteiger partial charge in [-0.2, -0.15) is 0 Å². The molecule has 0 aliphatic carbocycles. The van der Waals surface area contributed by atoms with Gasteiger partial charge in [0.25, 0.3) is 0 Å². The zero-order chi connectivity index (χ0) is 15.6. The van der Waals surface area contributed by atoms with Gasteiger partial charge in [-0.3, -0.25) is 14.7 Å². The predicted octanol–water partition coefficient (Wildman–Crippen LogP) is 1.40. The van der Waals surface area contributed by atoms with Gasteiger partial charge in [0.1, 0.15) is 0 Å². The lowest BCUT2D eigenvalue weighted by molar-refractivity contribution is -0.137. The van der Waals surface area contributed by atoms with Crippen LogP contribution in [0.5, 0.6) is 0 Å². The van der Waals surface area contributed by atoms with Crippen molar-refractivity contribution in [3.05, 3.63) is 30.1 Å². The molecular weight excluding hydrogens is 278 g/mol. The third kappa shape index (κ3) is 2.75. The largest absolute Gasteiger partial charge is 0.383 e. The molecule has 2 saturated heterocycles. The molecule has 22 heavy (non-hydrogen) atoms. The van der Waals surface area contributed by atoms with E-state index in [0.29, 0.717) is 25.0 Å². The summed E-state index contributed by atoms with van der Waals surface area (Å²) in [4.78, 5) is 21.6. The number of ether oxygens (including phenoxy) is 1. The normalized spacial score (nSPS) is 28.9. The van der Waals surface area contributed by atoms with E-state index in [0.717, 1.165) is 38.3 Å². The van der Waals surface area contributed by atoms with Gasteiger partial charge in [0.15, 0.2) is 0 Å². The molecule has 0 saturated carbocycles. The Morgan fingerprint density at radius 1 is 1.45 bits per heavy atom. The van der Waals surface area contributed by atoms with E-state index >= 15 is 0 Å². The molecule has 1 spiro atoms. The van der Waals surface area contributed by atoms with Crippen molar-refractivity contribution >= 4 is 5.91 Å². The number of hydrogen-bond acceptors (Lipinski definition) is 4. The maximum absolute atomic E-state index is 12.9. The minimum atomic E-state index is -0.192. The fourth-order valence-electron chi connectivity index (χ4n) is 3.90. The molecule has 2 atom stereocenters. The van der Waals surface area contributed by atoms with Gasteiger partial charge in [-0.05, 0) is 24.5 Å². The van der Waals surface area contributed by atoms with Gasteiger partial charge >= 0.3 is 0 Å². The quantitative estimate of drug-likeness (QED) is 0.825. The fourth-order valence-corrected chi connectivity index (χ4v) is 3.90. The molecular formula is C17H25N3O2. The van der Waals surface area contributed by atoms with Crippen molar-refractivity contribution < 1.29 is 9.53 Å². The summed E-state index contributed by atoms with van der Waals surface area (Å²) in [5.74, 6) is 0.719. The maximum Gasteiger partial charge on any atom is 0.230 e. The number of rotatable bonds is 5. The van der Waals surface area contributed by atoms with Crippen LogP contribution in [0.2, 0.25) is 0 Å². The SMILES string of the molecule is COCCN1CC[C@]2(CN(Cc3ccccn3)C[C@H]2C)C1=O. The molecule has 5 nitrogen and oxygen atoms in total. The molecule has 1 aromatic rings. The molecule has 2 fully saturated rings. The molecule has 3 rings (SSSR count). The third-order valence-corrected chi connectivity index (χ3v) is 5.20. The first-order valence-electron chi connectivity index (χ1n) is 8.06. The van der Waals surface area contributed by atoms with Crippen LogP contribution in [0.4, 0.5) is 0 Å². The zero-order valence-corrected chi connectivity index (χ0v) is 13.5. The summed E-state index contributed by atoms with van der Waals surface area (Å²) in [7, 11) is 1.68. The lowest BCUT2D eigenvalue weighted by Gasteiger charge is -2.26. The van der Waals surface area contributed by atoms with Crippen LogP contribution >= 0.6 is 0 Å². The summed E-state index contributed by atoms with van der Waals surface area (Å²) in [5, 5.41) is 0. The average molecular weight is 303 g/mol. The summed E-state index contributed by atoms with van der Waals surface area (Å²) >= 11 is 0. The topological polar surface area (TPSA) is 45.7 Å². The van der Waals surface area contributed by atoms with Crippen molar-refractivity contribution in [3.63, 3.8) is 0 Å². The minimum absolute atomic E-state index is 0.192. The second kappa shape index (κ2) is 6.34. The maximum atomic E-state index is 12.9. The highest BCUT2D eigenvalue weighted by Crippen LogP contribution is 2.44. The second-order valence-corrected chi connectivity index (χ2v) is 6.58. The summed E-state index contributed by atoms with van der Waals surface area (Å²) in [6.45, 7) is 7.07. The van der Waals surface area contributed by atoms with E-state index in [-0.39, 0.29) is 5.41 Å². The van der Waals surface area contributed by atoms with Crippen LogP contribution in [0.1, 0.15) is 19.0 Å². The van der Waals surface area contributed by atoms with Crippen LogP contribution in [0.15, 0.2) is 24.4 Å². The van der Waals surface area contributed by atoms with E-state index in [9.17, 15) is 4.79 Å². The third-order valence-electron chi connectivity index (χ3n) is 5.20. The number of carbonyl (C=O) groups excluding carboxylic acids is 1. The molecule has 0 N–H and O–H groups in total. The zero-order valence-electron chi connectivity index (χ0n) is 13.5. The van der Waals surface area contributed by atoms with E-state index < -0.39 is 0 Å². The minimum Gasteiger partial charge on any atom is -0.383 e.